The number of hydrogen-bond donors (Lipinski definition) is 1. The Bertz CT molecular complexity index is 186. The fourth-order valence-electron chi connectivity index (χ4n) is 2.62. The Kier molecular flexibility index (Phi) is 5.03. The lowest BCUT2D eigenvalue weighted by Gasteiger charge is -2.38. The zero-order chi connectivity index (χ0) is 11.3. The summed E-state index contributed by atoms with van der Waals surface area (Å²) in [5, 5.41) is 0. The summed E-state index contributed by atoms with van der Waals surface area (Å²) in [6.45, 7) is 8.52. The molecule has 0 aliphatic carbocycles. The fourth-order valence-corrected chi connectivity index (χ4v) is 2.62. The minimum atomic E-state index is 0.206. The van der Waals surface area contributed by atoms with E-state index in [2.05, 4.69) is 18.7 Å². The maximum Gasteiger partial charge on any atom is 0.0503 e. The third kappa shape index (κ3) is 3.16. The summed E-state index contributed by atoms with van der Waals surface area (Å²) in [6, 6.07) is 0. The smallest absolute Gasteiger partial charge is 0.0503 e. The van der Waals surface area contributed by atoms with Gasteiger partial charge in [-0.05, 0) is 32.2 Å². The molecule has 1 fully saturated rings. The Morgan fingerprint density at radius 3 is 2.80 bits per heavy atom. The van der Waals surface area contributed by atoms with E-state index in [1.807, 2.05) is 0 Å². The molecule has 3 heteroatoms. The molecule has 0 amide bonds. The summed E-state index contributed by atoms with van der Waals surface area (Å²) in [5.74, 6) is 0.706. The zero-order valence-corrected chi connectivity index (χ0v) is 10.5. The first-order valence-corrected chi connectivity index (χ1v) is 6.10. The van der Waals surface area contributed by atoms with E-state index in [1.165, 1.54) is 25.8 Å². The first-order valence-electron chi connectivity index (χ1n) is 6.10. The van der Waals surface area contributed by atoms with E-state index in [4.69, 9.17) is 10.5 Å². The summed E-state index contributed by atoms with van der Waals surface area (Å²) in [4.78, 5) is 2.56. The number of nitrogens with two attached hydrogens (primary N) is 1. The summed E-state index contributed by atoms with van der Waals surface area (Å²) < 4.78 is 5.22. The van der Waals surface area contributed by atoms with E-state index in [-0.39, 0.29) is 5.54 Å². The van der Waals surface area contributed by atoms with E-state index in [1.54, 1.807) is 7.11 Å². The maximum absolute atomic E-state index is 5.92. The molecule has 2 atom stereocenters. The average molecular weight is 214 g/mol. The molecule has 0 aromatic carbocycles. The minimum Gasteiger partial charge on any atom is -0.384 e. The third-order valence-corrected chi connectivity index (χ3v) is 3.68. The van der Waals surface area contributed by atoms with Crippen LogP contribution in [0, 0.1) is 5.92 Å². The molecule has 1 aliphatic rings. The van der Waals surface area contributed by atoms with Gasteiger partial charge in [-0.15, -0.1) is 0 Å². The molecule has 1 heterocycles. The monoisotopic (exact) mass is 214 g/mol. The zero-order valence-electron chi connectivity index (χ0n) is 10.5. The van der Waals surface area contributed by atoms with E-state index in [9.17, 15) is 0 Å². The van der Waals surface area contributed by atoms with Crippen LogP contribution >= 0.6 is 0 Å². The molecule has 1 saturated heterocycles. The Labute approximate surface area is 94.0 Å². The Hall–Kier alpha value is -0.120. The Morgan fingerprint density at radius 1 is 1.53 bits per heavy atom. The SMILES string of the molecule is CCCC(C)(CN)N1CCC(COC)C1. The van der Waals surface area contributed by atoms with Crippen molar-refractivity contribution < 1.29 is 4.74 Å². The standard InChI is InChI=1S/C12H26N2O/c1-4-6-12(2,10-13)14-7-5-11(8-14)9-15-3/h11H,4-10,13H2,1-3H3. The molecular weight excluding hydrogens is 188 g/mol. The van der Waals surface area contributed by atoms with E-state index in [0.29, 0.717) is 5.92 Å². The summed E-state index contributed by atoms with van der Waals surface area (Å²) in [6.07, 6.45) is 3.66. The molecule has 0 bridgehead atoms. The summed E-state index contributed by atoms with van der Waals surface area (Å²) in [7, 11) is 1.79. The van der Waals surface area contributed by atoms with Crippen molar-refractivity contribution in [1.82, 2.24) is 4.90 Å². The van der Waals surface area contributed by atoms with Gasteiger partial charge in [-0.2, -0.15) is 0 Å². The van der Waals surface area contributed by atoms with Gasteiger partial charge < -0.3 is 10.5 Å². The molecule has 1 rings (SSSR count). The van der Waals surface area contributed by atoms with Crippen molar-refractivity contribution in [3.8, 4) is 0 Å². The average Bonchev–Trinajstić information content (AvgIpc) is 2.68. The lowest BCUT2D eigenvalue weighted by Crippen LogP contribution is -2.50. The minimum absolute atomic E-state index is 0.206. The van der Waals surface area contributed by atoms with Crippen LogP contribution in [-0.2, 0) is 4.74 Å². The number of hydrogen-bond acceptors (Lipinski definition) is 3. The van der Waals surface area contributed by atoms with Crippen molar-refractivity contribution in [3.05, 3.63) is 0 Å². The molecule has 2 unspecified atom stereocenters. The van der Waals surface area contributed by atoms with E-state index in [0.717, 1.165) is 19.7 Å². The highest BCUT2D eigenvalue weighted by Gasteiger charge is 2.35. The predicted octanol–water partition coefficient (Wildman–Crippen LogP) is 1.47. The van der Waals surface area contributed by atoms with Crippen molar-refractivity contribution in [2.45, 2.75) is 38.6 Å². The van der Waals surface area contributed by atoms with Gasteiger partial charge in [0.05, 0.1) is 6.61 Å². The number of nitrogens with zero attached hydrogens (tertiary/aromatic N) is 1. The molecule has 0 saturated carbocycles. The Balaban J connectivity index is 2.49. The van der Waals surface area contributed by atoms with E-state index >= 15 is 0 Å². The molecule has 3 nitrogen and oxygen atoms in total. The topological polar surface area (TPSA) is 38.5 Å². The number of likely N-dealkylation sites (tertiary alicyclic amines) is 1. The van der Waals surface area contributed by atoms with Gasteiger partial charge in [0.25, 0.3) is 0 Å². The number of ether oxygens (including phenoxy) is 1. The Morgan fingerprint density at radius 2 is 2.27 bits per heavy atom. The molecule has 1 aliphatic heterocycles. The molecule has 15 heavy (non-hydrogen) atoms. The normalized spacial score (nSPS) is 26.8. The van der Waals surface area contributed by atoms with Crippen LogP contribution in [0.15, 0.2) is 0 Å². The summed E-state index contributed by atoms with van der Waals surface area (Å²) >= 11 is 0. The van der Waals surface area contributed by atoms with Gasteiger partial charge in [0.15, 0.2) is 0 Å². The van der Waals surface area contributed by atoms with Gasteiger partial charge in [-0.3, -0.25) is 4.90 Å². The molecule has 90 valence electrons. The van der Waals surface area contributed by atoms with Crippen LogP contribution in [0.25, 0.3) is 0 Å². The van der Waals surface area contributed by atoms with Gasteiger partial charge in [-0.1, -0.05) is 13.3 Å². The van der Waals surface area contributed by atoms with Gasteiger partial charge >= 0.3 is 0 Å². The van der Waals surface area contributed by atoms with Crippen LogP contribution in [-0.4, -0.2) is 43.8 Å². The molecule has 0 radical (unpaired) electrons. The van der Waals surface area contributed by atoms with Crippen molar-refractivity contribution in [1.29, 1.82) is 0 Å². The second-order valence-electron chi connectivity index (χ2n) is 5.01. The molecule has 0 aromatic heterocycles. The van der Waals surface area contributed by atoms with Crippen molar-refractivity contribution >= 4 is 0 Å². The number of methoxy groups -OCH3 is 1. The highest BCUT2D eigenvalue weighted by molar-refractivity contribution is 4.91. The molecule has 0 aromatic rings. The first kappa shape index (κ1) is 12.9. The lowest BCUT2D eigenvalue weighted by molar-refractivity contribution is 0.108. The fraction of sp³-hybridized carbons (Fsp3) is 1.00. The van der Waals surface area contributed by atoms with Gasteiger partial charge in [-0.25, -0.2) is 0 Å². The van der Waals surface area contributed by atoms with Gasteiger partial charge in [0.1, 0.15) is 0 Å². The van der Waals surface area contributed by atoms with Crippen LogP contribution in [0.1, 0.15) is 33.1 Å². The lowest BCUT2D eigenvalue weighted by atomic mass is 9.94. The second kappa shape index (κ2) is 5.83. The molecular formula is C12H26N2O. The largest absolute Gasteiger partial charge is 0.384 e. The predicted molar refractivity (Wildman–Crippen MR) is 63.9 cm³/mol. The van der Waals surface area contributed by atoms with Crippen LogP contribution in [0.5, 0.6) is 0 Å². The third-order valence-electron chi connectivity index (χ3n) is 3.68. The van der Waals surface area contributed by atoms with Crippen LogP contribution in [0.3, 0.4) is 0 Å². The maximum atomic E-state index is 5.92. The van der Waals surface area contributed by atoms with Crippen molar-refractivity contribution in [3.63, 3.8) is 0 Å². The van der Waals surface area contributed by atoms with Crippen LogP contribution < -0.4 is 5.73 Å². The highest BCUT2D eigenvalue weighted by Crippen LogP contribution is 2.27. The van der Waals surface area contributed by atoms with Crippen LogP contribution in [0.4, 0.5) is 0 Å². The van der Waals surface area contributed by atoms with Crippen molar-refractivity contribution in [2.24, 2.45) is 11.7 Å². The van der Waals surface area contributed by atoms with Crippen LogP contribution in [0.2, 0.25) is 0 Å². The van der Waals surface area contributed by atoms with Gasteiger partial charge in [0, 0.05) is 25.7 Å². The van der Waals surface area contributed by atoms with E-state index < -0.39 is 0 Å². The van der Waals surface area contributed by atoms with Gasteiger partial charge in [0.2, 0.25) is 0 Å². The number of rotatable bonds is 6. The quantitative estimate of drug-likeness (QED) is 0.728. The molecule has 2 N–H and O–H groups in total. The first-order chi connectivity index (χ1) is 7.16. The summed E-state index contributed by atoms with van der Waals surface area (Å²) in [5.41, 5.74) is 6.13. The second-order valence-corrected chi connectivity index (χ2v) is 5.01. The highest BCUT2D eigenvalue weighted by atomic mass is 16.5. The molecule has 0 spiro atoms. The van der Waals surface area contributed by atoms with Crippen molar-refractivity contribution in [2.75, 3.05) is 33.4 Å².